The zero-order valence-corrected chi connectivity index (χ0v) is 11.6. The van der Waals surface area contributed by atoms with E-state index in [4.69, 9.17) is 10.5 Å². The fourth-order valence-corrected chi connectivity index (χ4v) is 2.37. The predicted octanol–water partition coefficient (Wildman–Crippen LogP) is 3.15. The molecule has 2 rings (SSSR count). The molecule has 0 aliphatic rings. The molecule has 1 unspecified atom stereocenters. The highest BCUT2D eigenvalue weighted by atomic mass is 16.5. The summed E-state index contributed by atoms with van der Waals surface area (Å²) in [7, 11) is 1.69. The second-order valence-corrected chi connectivity index (χ2v) is 5.16. The molecule has 2 nitrogen and oxygen atoms in total. The largest absolute Gasteiger partial charge is 0.497 e. The summed E-state index contributed by atoms with van der Waals surface area (Å²) in [5, 5.41) is 0. The van der Waals surface area contributed by atoms with E-state index in [0.717, 1.165) is 12.2 Å². The van der Waals surface area contributed by atoms with Crippen LogP contribution in [0.2, 0.25) is 0 Å². The highest BCUT2D eigenvalue weighted by molar-refractivity contribution is 5.33. The van der Waals surface area contributed by atoms with Crippen molar-refractivity contribution in [3.63, 3.8) is 0 Å². The second-order valence-electron chi connectivity index (χ2n) is 5.16. The van der Waals surface area contributed by atoms with Gasteiger partial charge in [0, 0.05) is 12.0 Å². The van der Waals surface area contributed by atoms with E-state index in [-0.39, 0.29) is 5.41 Å². The number of nitrogens with two attached hydrogens (primary N) is 1. The van der Waals surface area contributed by atoms with E-state index in [2.05, 4.69) is 43.3 Å². The molecule has 19 heavy (non-hydrogen) atoms. The second kappa shape index (κ2) is 5.89. The van der Waals surface area contributed by atoms with Gasteiger partial charge in [0.2, 0.25) is 0 Å². The van der Waals surface area contributed by atoms with Crippen LogP contribution in [0.4, 0.5) is 0 Å². The van der Waals surface area contributed by atoms with Crippen molar-refractivity contribution in [1.29, 1.82) is 0 Å². The summed E-state index contributed by atoms with van der Waals surface area (Å²) in [6.45, 7) is 2.83. The third-order valence-electron chi connectivity index (χ3n) is 3.65. The Morgan fingerprint density at radius 3 is 2.42 bits per heavy atom. The lowest BCUT2D eigenvalue weighted by atomic mass is 9.77. The van der Waals surface area contributed by atoms with E-state index >= 15 is 0 Å². The summed E-state index contributed by atoms with van der Waals surface area (Å²) in [4.78, 5) is 0. The number of ether oxygens (including phenoxy) is 1. The van der Waals surface area contributed by atoms with Crippen molar-refractivity contribution in [1.82, 2.24) is 0 Å². The molecular formula is C17H21NO. The van der Waals surface area contributed by atoms with Gasteiger partial charge in [-0.1, -0.05) is 49.4 Å². The van der Waals surface area contributed by atoms with Gasteiger partial charge in [-0.25, -0.2) is 0 Å². The van der Waals surface area contributed by atoms with Gasteiger partial charge >= 0.3 is 0 Å². The first-order valence-corrected chi connectivity index (χ1v) is 6.56. The number of methoxy groups -OCH3 is 1. The normalized spacial score (nSPS) is 13.8. The minimum Gasteiger partial charge on any atom is -0.497 e. The topological polar surface area (TPSA) is 35.2 Å². The van der Waals surface area contributed by atoms with Crippen LogP contribution in [0, 0.1) is 0 Å². The molecule has 2 N–H and O–H groups in total. The third kappa shape index (κ3) is 3.15. The molecule has 0 bridgehead atoms. The molecule has 0 aromatic heterocycles. The van der Waals surface area contributed by atoms with E-state index in [1.165, 1.54) is 11.1 Å². The Hall–Kier alpha value is -1.80. The van der Waals surface area contributed by atoms with E-state index in [0.29, 0.717) is 6.54 Å². The summed E-state index contributed by atoms with van der Waals surface area (Å²) in [5.41, 5.74) is 8.50. The van der Waals surface area contributed by atoms with Crippen molar-refractivity contribution < 1.29 is 4.74 Å². The fourth-order valence-electron chi connectivity index (χ4n) is 2.37. The lowest BCUT2D eigenvalue weighted by Gasteiger charge is -2.29. The number of hydrogen-bond acceptors (Lipinski definition) is 2. The summed E-state index contributed by atoms with van der Waals surface area (Å²) in [5.74, 6) is 0.893. The van der Waals surface area contributed by atoms with Gasteiger partial charge in [-0.15, -0.1) is 0 Å². The molecule has 0 aliphatic heterocycles. The van der Waals surface area contributed by atoms with Gasteiger partial charge in [-0.2, -0.15) is 0 Å². The SMILES string of the molecule is COc1cccc(CC(C)(CN)c2ccccc2)c1. The van der Waals surface area contributed by atoms with Crippen LogP contribution in [0.3, 0.4) is 0 Å². The number of hydrogen-bond donors (Lipinski definition) is 1. The Bertz CT molecular complexity index is 524. The number of benzene rings is 2. The summed E-state index contributed by atoms with van der Waals surface area (Å²) < 4.78 is 5.28. The van der Waals surface area contributed by atoms with E-state index in [1.807, 2.05) is 18.2 Å². The molecule has 0 radical (unpaired) electrons. The standard InChI is InChI=1S/C17H21NO/c1-17(13-18,15-8-4-3-5-9-15)12-14-7-6-10-16(11-14)19-2/h3-11H,12-13,18H2,1-2H3. The Morgan fingerprint density at radius 2 is 1.79 bits per heavy atom. The smallest absolute Gasteiger partial charge is 0.119 e. The lowest BCUT2D eigenvalue weighted by Crippen LogP contribution is -2.34. The third-order valence-corrected chi connectivity index (χ3v) is 3.65. The molecule has 0 spiro atoms. The van der Waals surface area contributed by atoms with Gasteiger partial charge < -0.3 is 10.5 Å². The Morgan fingerprint density at radius 1 is 1.05 bits per heavy atom. The molecule has 2 heteroatoms. The molecule has 0 saturated heterocycles. The van der Waals surface area contributed by atoms with Crippen molar-refractivity contribution >= 4 is 0 Å². The summed E-state index contributed by atoms with van der Waals surface area (Å²) in [6.07, 6.45) is 0.907. The Balaban J connectivity index is 2.27. The van der Waals surface area contributed by atoms with Gasteiger partial charge in [0.25, 0.3) is 0 Å². The van der Waals surface area contributed by atoms with Crippen molar-refractivity contribution in [3.8, 4) is 5.75 Å². The molecule has 0 aliphatic carbocycles. The van der Waals surface area contributed by atoms with Crippen molar-refractivity contribution in [2.45, 2.75) is 18.8 Å². The van der Waals surface area contributed by atoms with Crippen LogP contribution >= 0.6 is 0 Å². The van der Waals surface area contributed by atoms with Gasteiger partial charge in [-0.3, -0.25) is 0 Å². The molecule has 0 amide bonds. The van der Waals surface area contributed by atoms with Crippen LogP contribution in [0.15, 0.2) is 54.6 Å². The van der Waals surface area contributed by atoms with Gasteiger partial charge in [0.15, 0.2) is 0 Å². The van der Waals surface area contributed by atoms with Gasteiger partial charge in [0.05, 0.1) is 7.11 Å². The molecule has 0 fully saturated rings. The average molecular weight is 255 g/mol. The first kappa shape index (κ1) is 13.6. The summed E-state index contributed by atoms with van der Waals surface area (Å²) in [6, 6.07) is 18.6. The maximum Gasteiger partial charge on any atom is 0.119 e. The lowest BCUT2D eigenvalue weighted by molar-refractivity contribution is 0.413. The Labute approximate surface area is 115 Å². The van der Waals surface area contributed by atoms with Crippen LogP contribution in [0.1, 0.15) is 18.1 Å². The molecule has 2 aromatic carbocycles. The average Bonchev–Trinajstić information content (AvgIpc) is 2.48. The fraction of sp³-hybridized carbons (Fsp3) is 0.294. The van der Waals surface area contributed by atoms with Crippen molar-refractivity contribution in [2.75, 3.05) is 13.7 Å². The summed E-state index contributed by atoms with van der Waals surface area (Å²) >= 11 is 0. The first-order chi connectivity index (χ1) is 9.18. The van der Waals surface area contributed by atoms with E-state index in [1.54, 1.807) is 7.11 Å². The molecule has 0 saturated carbocycles. The van der Waals surface area contributed by atoms with Crippen LogP contribution in [-0.4, -0.2) is 13.7 Å². The molecule has 100 valence electrons. The van der Waals surface area contributed by atoms with Crippen molar-refractivity contribution in [2.24, 2.45) is 5.73 Å². The van der Waals surface area contributed by atoms with Crippen LogP contribution in [0.5, 0.6) is 5.75 Å². The number of rotatable bonds is 5. The first-order valence-electron chi connectivity index (χ1n) is 6.56. The molecular weight excluding hydrogens is 234 g/mol. The minimum atomic E-state index is -0.0480. The molecule has 0 heterocycles. The van der Waals surface area contributed by atoms with Crippen LogP contribution in [0.25, 0.3) is 0 Å². The van der Waals surface area contributed by atoms with E-state index in [9.17, 15) is 0 Å². The maximum atomic E-state index is 6.03. The van der Waals surface area contributed by atoms with Gasteiger partial charge in [0.1, 0.15) is 5.75 Å². The van der Waals surface area contributed by atoms with Gasteiger partial charge in [-0.05, 0) is 29.7 Å². The monoisotopic (exact) mass is 255 g/mol. The van der Waals surface area contributed by atoms with Crippen LogP contribution < -0.4 is 10.5 Å². The minimum absolute atomic E-state index is 0.0480. The van der Waals surface area contributed by atoms with Crippen molar-refractivity contribution in [3.05, 3.63) is 65.7 Å². The van der Waals surface area contributed by atoms with Crippen LogP contribution in [-0.2, 0) is 11.8 Å². The highest BCUT2D eigenvalue weighted by Gasteiger charge is 2.25. The maximum absolute atomic E-state index is 6.03. The van der Waals surface area contributed by atoms with E-state index < -0.39 is 0 Å². The zero-order valence-electron chi connectivity index (χ0n) is 11.6. The Kier molecular flexibility index (Phi) is 4.23. The predicted molar refractivity (Wildman–Crippen MR) is 79.5 cm³/mol. The zero-order chi connectivity index (χ0) is 13.7. The molecule has 2 aromatic rings. The quantitative estimate of drug-likeness (QED) is 0.890. The molecule has 1 atom stereocenters. The highest BCUT2D eigenvalue weighted by Crippen LogP contribution is 2.28.